The minimum Gasteiger partial charge on any atom is -0.308 e. The van der Waals surface area contributed by atoms with E-state index >= 15 is 0 Å². The maximum atomic E-state index is 13.3. The SMILES string of the molecule is O=C1C[C@H](N(Cc2ccc(F)cc2)C(=O)Nc2ccccc2)C(=O)N1c1ccccc1. The molecule has 0 unspecified atom stereocenters. The Hall–Kier alpha value is -4.00. The third-order valence-corrected chi connectivity index (χ3v) is 5.07. The lowest BCUT2D eigenvalue weighted by atomic mass is 10.1. The van der Waals surface area contributed by atoms with Crippen molar-refractivity contribution in [2.24, 2.45) is 0 Å². The van der Waals surface area contributed by atoms with Crippen molar-refractivity contribution in [2.45, 2.75) is 19.0 Å². The summed E-state index contributed by atoms with van der Waals surface area (Å²) in [6.45, 7) is 0.0469. The minimum atomic E-state index is -0.971. The summed E-state index contributed by atoms with van der Waals surface area (Å²) < 4.78 is 13.3. The summed E-state index contributed by atoms with van der Waals surface area (Å²) >= 11 is 0. The van der Waals surface area contributed by atoms with Gasteiger partial charge in [-0.25, -0.2) is 14.1 Å². The van der Waals surface area contributed by atoms with Crippen molar-refractivity contribution in [1.82, 2.24) is 4.90 Å². The topological polar surface area (TPSA) is 69.7 Å². The lowest BCUT2D eigenvalue weighted by Crippen LogP contribution is -2.46. The number of rotatable bonds is 5. The van der Waals surface area contributed by atoms with E-state index in [-0.39, 0.29) is 18.9 Å². The molecule has 1 fully saturated rings. The number of para-hydroxylation sites is 2. The maximum absolute atomic E-state index is 13.3. The van der Waals surface area contributed by atoms with Gasteiger partial charge in [0, 0.05) is 12.2 Å². The van der Waals surface area contributed by atoms with Crippen molar-refractivity contribution >= 4 is 29.2 Å². The minimum absolute atomic E-state index is 0.0469. The van der Waals surface area contributed by atoms with Crippen LogP contribution in [0, 0.1) is 5.82 Å². The molecule has 4 amide bonds. The number of carbonyl (C=O) groups is 3. The average molecular weight is 417 g/mol. The molecule has 1 aliphatic rings. The number of halogens is 1. The normalized spacial score (nSPS) is 15.8. The first kappa shape index (κ1) is 20.3. The average Bonchev–Trinajstić information content (AvgIpc) is 3.08. The Bertz CT molecular complexity index is 1090. The highest BCUT2D eigenvalue weighted by molar-refractivity contribution is 6.23. The van der Waals surface area contributed by atoms with Crippen LogP contribution >= 0.6 is 0 Å². The van der Waals surface area contributed by atoms with E-state index in [1.165, 1.54) is 17.0 Å². The number of nitrogens with zero attached hydrogens (tertiary/aromatic N) is 2. The van der Waals surface area contributed by atoms with Crippen molar-refractivity contribution in [3.05, 3.63) is 96.3 Å². The van der Waals surface area contributed by atoms with Crippen LogP contribution < -0.4 is 10.2 Å². The van der Waals surface area contributed by atoms with Gasteiger partial charge in [0.2, 0.25) is 5.91 Å². The molecule has 1 N–H and O–H groups in total. The van der Waals surface area contributed by atoms with E-state index in [0.717, 1.165) is 4.90 Å². The molecule has 3 aromatic rings. The number of imide groups is 1. The third kappa shape index (κ3) is 4.45. The second-order valence-corrected chi connectivity index (χ2v) is 7.17. The maximum Gasteiger partial charge on any atom is 0.322 e. The van der Waals surface area contributed by atoms with Gasteiger partial charge in [0.15, 0.2) is 0 Å². The van der Waals surface area contributed by atoms with Crippen LogP contribution in [0.3, 0.4) is 0 Å². The van der Waals surface area contributed by atoms with E-state index in [0.29, 0.717) is 16.9 Å². The Morgan fingerprint density at radius 1 is 0.935 bits per heavy atom. The molecule has 0 radical (unpaired) electrons. The molecule has 3 aromatic carbocycles. The summed E-state index contributed by atoms with van der Waals surface area (Å²) in [6, 6.07) is 21.6. The van der Waals surface area contributed by atoms with Gasteiger partial charge in [-0.2, -0.15) is 0 Å². The summed E-state index contributed by atoms with van der Waals surface area (Å²) in [5.74, 6) is -1.24. The molecule has 0 aliphatic carbocycles. The van der Waals surface area contributed by atoms with E-state index in [4.69, 9.17) is 0 Å². The van der Waals surface area contributed by atoms with Crippen molar-refractivity contribution < 1.29 is 18.8 Å². The van der Waals surface area contributed by atoms with E-state index in [9.17, 15) is 18.8 Å². The third-order valence-electron chi connectivity index (χ3n) is 5.07. The first-order chi connectivity index (χ1) is 15.0. The van der Waals surface area contributed by atoms with E-state index in [1.54, 1.807) is 66.7 Å². The highest BCUT2D eigenvalue weighted by atomic mass is 19.1. The molecule has 0 bridgehead atoms. The van der Waals surface area contributed by atoms with Crippen LogP contribution in [-0.4, -0.2) is 28.8 Å². The molecule has 7 heteroatoms. The molecule has 4 rings (SSSR count). The van der Waals surface area contributed by atoms with Gasteiger partial charge >= 0.3 is 6.03 Å². The number of carbonyl (C=O) groups excluding carboxylic acids is 3. The lowest BCUT2D eigenvalue weighted by molar-refractivity contribution is -0.122. The number of nitrogens with one attached hydrogen (secondary N) is 1. The number of hydrogen-bond donors (Lipinski definition) is 1. The van der Waals surface area contributed by atoms with E-state index in [1.807, 2.05) is 6.07 Å². The summed E-state index contributed by atoms with van der Waals surface area (Å²) in [6.07, 6.45) is -0.128. The monoisotopic (exact) mass is 417 g/mol. The lowest BCUT2D eigenvalue weighted by Gasteiger charge is -2.28. The van der Waals surface area contributed by atoms with Crippen molar-refractivity contribution in [3.8, 4) is 0 Å². The zero-order valence-electron chi connectivity index (χ0n) is 16.6. The van der Waals surface area contributed by atoms with Crippen LogP contribution in [0.15, 0.2) is 84.9 Å². The summed E-state index contributed by atoms with van der Waals surface area (Å²) in [4.78, 5) is 41.4. The number of hydrogen-bond acceptors (Lipinski definition) is 3. The van der Waals surface area contributed by atoms with Crippen LogP contribution in [0.2, 0.25) is 0 Å². The first-order valence-electron chi connectivity index (χ1n) is 9.82. The van der Waals surface area contributed by atoms with Gasteiger partial charge in [0.25, 0.3) is 5.91 Å². The summed E-state index contributed by atoms with van der Waals surface area (Å²) in [7, 11) is 0. The van der Waals surface area contributed by atoms with Gasteiger partial charge in [0.1, 0.15) is 11.9 Å². The molecular formula is C24H20FN3O3. The standard InChI is InChI=1S/C24H20FN3O3/c25-18-13-11-17(12-14-18)16-27(24(31)26-19-7-3-1-4-8-19)21-15-22(29)28(23(21)30)20-9-5-2-6-10-20/h1-14,21H,15-16H2,(H,26,31)/t21-/m0/s1. The predicted molar refractivity (Wildman–Crippen MR) is 115 cm³/mol. The van der Waals surface area contributed by atoms with Gasteiger partial charge < -0.3 is 10.2 Å². The van der Waals surface area contributed by atoms with Gasteiger partial charge in [0.05, 0.1) is 12.1 Å². The van der Waals surface area contributed by atoms with Gasteiger partial charge in [-0.1, -0.05) is 48.5 Å². The Kier molecular flexibility index (Phi) is 5.75. The second-order valence-electron chi connectivity index (χ2n) is 7.17. The zero-order chi connectivity index (χ0) is 21.8. The van der Waals surface area contributed by atoms with Gasteiger partial charge in [-0.05, 0) is 42.0 Å². The zero-order valence-corrected chi connectivity index (χ0v) is 16.6. The number of urea groups is 1. The van der Waals surface area contributed by atoms with E-state index in [2.05, 4.69) is 5.32 Å². The molecule has 31 heavy (non-hydrogen) atoms. The predicted octanol–water partition coefficient (Wildman–Crippen LogP) is 4.19. The van der Waals surface area contributed by atoms with Gasteiger partial charge in [-0.15, -0.1) is 0 Å². The van der Waals surface area contributed by atoms with E-state index < -0.39 is 23.8 Å². The first-order valence-corrected chi connectivity index (χ1v) is 9.82. The summed E-state index contributed by atoms with van der Waals surface area (Å²) in [5.41, 5.74) is 1.67. The number of amides is 4. The van der Waals surface area contributed by atoms with Crippen molar-refractivity contribution in [3.63, 3.8) is 0 Å². The van der Waals surface area contributed by atoms with Crippen molar-refractivity contribution in [2.75, 3.05) is 10.2 Å². The number of benzene rings is 3. The molecule has 1 saturated heterocycles. The molecular weight excluding hydrogens is 397 g/mol. The van der Waals surface area contributed by atoms with Crippen LogP contribution in [0.5, 0.6) is 0 Å². The molecule has 1 aliphatic heterocycles. The fraction of sp³-hybridized carbons (Fsp3) is 0.125. The Morgan fingerprint density at radius 3 is 2.19 bits per heavy atom. The molecule has 156 valence electrons. The molecule has 0 spiro atoms. The highest BCUT2D eigenvalue weighted by Gasteiger charge is 2.44. The van der Waals surface area contributed by atoms with Gasteiger partial charge in [-0.3, -0.25) is 9.59 Å². The molecule has 6 nitrogen and oxygen atoms in total. The fourth-order valence-electron chi connectivity index (χ4n) is 3.53. The Morgan fingerprint density at radius 2 is 1.55 bits per heavy atom. The Balaban J connectivity index is 1.63. The molecule has 0 saturated carbocycles. The van der Waals surface area contributed by atoms with Crippen molar-refractivity contribution in [1.29, 1.82) is 0 Å². The largest absolute Gasteiger partial charge is 0.322 e. The van der Waals surface area contributed by atoms with Crippen LogP contribution in [0.4, 0.5) is 20.6 Å². The highest BCUT2D eigenvalue weighted by Crippen LogP contribution is 2.27. The fourth-order valence-corrected chi connectivity index (χ4v) is 3.53. The second kappa shape index (κ2) is 8.79. The molecule has 0 aromatic heterocycles. The quantitative estimate of drug-likeness (QED) is 0.633. The Labute approximate surface area is 178 Å². The molecule has 1 heterocycles. The molecule has 1 atom stereocenters. The number of anilines is 2. The van der Waals surface area contributed by atoms with Crippen LogP contribution in [-0.2, 0) is 16.1 Å². The van der Waals surface area contributed by atoms with Crippen LogP contribution in [0.25, 0.3) is 0 Å². The van der Waals surface area contributed by atoms with Crippen LogP contribution in [0.1, 0.15) is 12.0 Å². The smallest absolute Gasteiger partial charge is 0.308 e. The summed E-state index contributed by atoms with van der Waals surface area (Å²) in [5, 5.41) is 2.77.